The van der Waals surface area contributed by atoms with Gasteiger partial charge in [0.2, 0.25) is 0 Å². The fourth-order valence-electron chi connectivity index (χ4n) is 4.31. The van der Waals surface area contributed by atoms with Crippen LogP contribution in [0.15, 0.2) is 23.3 Å². The number of rotatable bonds is 17. The van der Waals surface area contributed by atoms with Crippen LogP contribution < -0.4 is 0 Å². The van der Waals surface area contributed by atoms with Crippen LogP contribution in [-0.2, 0) is 9.59 Å². The van der Waals surface area contributed by atoms with Gasteiger partial charge in [-0.3, -0.25) is 9.59 Å². The summed E-state index contributed by atoms with van der Waals surface area (Å²) in [4.78, 5) is 23.0. The number of carboxylic acids is 2. The van der Waals surface area contributed by atoms with Crippen molar-refractivity contribution in [3.8, 4) is 0 Å². The van der Waals surface area contributed by atoms with E-state index in [4.69, 9.17) is 5.11 Å². The van der Waals surface area contributed by atoms with Gasteiger partial charge in [-0.2, -0.15) is 0 Å². The van der Waals surface area contributed by atoms with Crippen molar-refractivity contribution in [1.29, 1.82) is 0 Å². The molecule has 0 heterocycles. The van der Waals surface area contributed by atoms with Crippen molar-refractivity contribution >= 4 is 11.9 Å². The van der Waals surface area contributed by atoms with Crippen molar-refractivity contribution in [2.75, 3.05) is 6.61 Å². The van der Waals surface area contributed by atoms with E-state index in [1.165, 1.54) is 0 Å². The molecule has 1 rings (SSSR count). The molecule has 0 saturated carbocycles. The predicted molar refractivity (Wildman–Crippen MR) is 119 cm³/mol. The zero-order chi connectivity index (χ0) is 23.2. The lowest BCUT2D eigenvalue weighted by Gasteiger charge is -2.18. The Labute approximate surface area is 185 Å². The summed E-state index contributed by atoms with van der Waals surface area (Å²) >= 11 is 0. The van der Waals surface area contributed by atoms with E-state index in [0.717, 1.165) is 56.9 Å². The van der Waals surface area contributed by atoms with Crippen molar-refractivity contribution in [1.82, 2.24) is 0 Å². The monoisotopic (exact) mass is 440 g/mol. The maximum absolute atomic E-state index is 11.8. The molecule has 0 aliphatic heterocycles. The Kier molecular flexibility index (Phi) is 13.4. The Bertz CT molecular complexity index is 611. The van der Waals surface area contributed by atoms with E-state index in [9.17, 15) is 30.0 Å². The lowest BCUT2D eigenvalue weighted by atomic mass is 9.88. The Hall–Kier alpha value is -1.70. The molecule has 0 bridgehead atoms. The molecule has 7 nitrogen and oxygen atoms in total. The number of unbranched alkanes of at least 4 members (excludes halogenated alkanes) is 6. The molecular formula is C24H40O7. The fourth-order valence-corrected chi connectivity index (χ4v) is 4.31. The summed E-state index contributed by atoms with van der Waals surface area (Å²) in [5.74, 6) is -3.91. The van der Waals surface area contributed by atoms with Crippen LogP contribution in [0, 0.1) is 11.8 Å². The van der Waals surface area contributed by atoms with Crippen LogP contribution in [-0.4, -0.2) is 56.3 Å². The molecule has 0 aromatic heterocycles. The van der Waals surface area contributed by atoms with Gasteiger partial charge in [-0.05, 0) is 32.1 Å². The summed E-state index contributed by atoms with van der Waals surface area (Å²) in [5.41, 5.74) is 1.33. The van der Waals surface area contributed by atoms with E-state index >= 15 is 0 Å². The minimum atomic E-state index is -1.19. The van der Waals surface area contributed by atoms with E-state index in [-0.39, 0.29) is 13.0 Å². The third-order valence-corrected chi connectivity index (χ3v) is 6.00. The second kappa shape index (κ2) is 15.2. The number of carbonyl (C=O) groups is 2. The molecule has 1 unspecified atom stereocenters. The molecule has 31 heavy (non-hydrogen) atoms. The Morgan fingerprint density at radius 3 is 2.35 bits per heavy atom. The highest BCUT2D eigenvalue weighted by molar-refractivity contribution is 5.81. The van der Waals surface area contributed by atoms with Gasteiger partial charge < -0.3 is 25.5 Å². The molecule has 4 atom stereocenters. The van der Waals surface area contributed by atoms with E-state index < -0.39 is 42.4 Å². The second-order valence-corrected chi connectivity index (χ2v) is 8.53. The van der Waals surface area contributed by atoms with Crippen molar-refractivity contribution in [2.45, 2.75) is 96.2 Å². The highest BCUT2D eigenvalue weighted by Gasteiger charge is 2.38. The largest absolute Gasteiger partial charge is 0.481 e. The SMILES string of the molecule is CCCCC[C@H](O)/C=C/[C@@H]1C(CCCCCCCO)=C(C(CC(=O)O)C(=O)O)C[C@H]1O. The highest BCUT2D eigenvalue weighted by atomic mass is 16.4. The Balaban J connectivity index is 2.99. The third-order valence-electron chi connectivity index (χ3n) is 6.00. The van der Waals surface area contributed by atoms with Gasteiger partial charge in [-0.25, -0.2) is 0 Å². The molecule has 0 aromatic carbocycles. The lowest BCUT2D eigenvalue weighted by molar-refractivity contribution is -0.147. The Morgan fingerprint density at radius 1 is 1.06 bits per heavy atom. The molecule has 5 N–H and O–H groups in total. The summed E-state index contributed by atoms with van der Waals surface area (Å²) in [6.45, 7) is 2.26. The molecular weight excluding hydrogens is 400 g/mol. The third kappa shape index (κ3) is 9.97. The minimum Gasteiger partial charge on any atom is -0.481 e. The van der Waals surface area contributed by atoms with E-state index in [1.54, 1.807) is 12.2 Å². The number of carboxylic acid groups (broad SMARTS) is 2. The summed E-state index contributed by atoms with van der Waals surface area (Å²) < 4.78 is 0. The normalized spacial score (nSPS) is 21.0. The molecule has 0 radical (unpaired) electrons. The van der Waals surface area contributed by atoms with Crippen LogP contribution in [0.3, 0.4) is 0 Å². The molecule has 1 aliphatic carbocycles. The van der Waals surface area contributed by atoms with Gasteiger partial charge in [0.05, 0.1) is 24.5 Å². The van der Waals surface area contributed by atoms with Gasteiger partial charge >= 0.3 is 11.9 Å². The summed E-state index contributed by atoms with van der Waals surface area (Å²) in [6.07, 6.45) is 10.3. The van der Waals surface area contributed by atoms with Crippen molar-refractivity contribution in [3.05, 3.63) is 23.3 Å². The minimum absolute atomic E-state index is 0.144. The summed E-state index contributed by atoms with van der Waals surface area (Å²) in [7, 11) is 0. The quantitative estimate of drug-likeness (QED) is 0.172. The average molecular weight is 441 g/mol. The number of aliphatic hydroxyl groups is 3. The first-order valence-electron chi connectivity index (χ1n) is 11.6. The Morgan fingerprint density at radius 2 is 1.74 bits per heavy atom. The first-order valence-corrected chi connectivity index (χ1v) is 11.6. The molecule has 1 aliphatic rings. The van der Waals surface area contributed by atoms with Gasteiger partial charge in [0.1, 0.15) is 0 Å². The molecule has 178 valence electrons. The second-order valence-electron chi connectivity index (χ2n) is 8.53. The zero-order valence-electron chi connectivity index (χ0n) is 18.7. The number of hydrogen-bond donors (Lipinski definition) is 5. The fraction of sp³-hybridized carbons (Fsp3) is 0.750. The molecule has 0 fully saturated rings. The zero-order valence-corrected chi connectivity index (χ0v) is 18.7. The van der Waals surface area contributed by atoms with Crippen LogP contribution in [0.5, 0.6) is 0 Å². The van der Waals surface area contributed by atoms with Gasteiger partial charge in [-0.15, -0.1) is 0 Å². The first-order chi connectivity index (χ1) is 14.8. The van der Waals surface area contributed by atoms with Gasteiger partial charge in [0.25, 0.3) is 0 Å². The molecule has 0 amide bonds. The van der Waals surface area contributed by atoms with Crippen molar-refractivity contribution in [3.63, 3.8) is 0 Å². The molecule has 0 aromatic rings. The summed E-state index contributed by atoms with van der Waals surface area (Å²) in [6, 6.07) is 0. The summed E-state index contributed by atoms with van der Waals surface area (Å²) in [5, 5.41) is 48.5. The van der Waals surface area contributed by atoms with Gasteiger partial charge in [-0.1, -0.05) is 68.7 Å². The molecule has 0 saturated heterocycles. The predicted octanol–water partition coefficient (Wildman–Crippen LogP) is 3.67. The van der Waals surface area contributed by atoms with E-state index in [2.05, 4.69) is 6.92 Å². The van der Waals surface area contributed by atoms with Crippen LogP contribution in [0.2, 0.25) is 0 Å². The van der Waals surface area contributed by atoms with Crippen molar-refractivity contribution in [2.24, 2.45) is 11.8 Å². The average Bonchev–Trinajstić information content (AvgIpc) is 3.02. The van der Waals surface area contributed by atoms with Crippen molar-refractivity contribution < 1.29 is 35.1 Å². The molecule has 7 heteroatoms. The smallest absolute Gasteiger partial charge is 0.311 e. The van der Waals surface area contributed by atoms with Gasteiger partial charge in [0.15, 0.2) is 0 Å². The lowest BCUT2D eigenvalue weighted by Crippen LogP contribution is -2.20. The number of aliphatic carboxylic acids is 2. The highest BCUT2D eigenvalue weighted by Crippen LogP contribution is 2.41. The van der Waals surface area contributed by atoms with E-state index in [0.29, 0.717) is 18.4 Å². The number of hydrogen-bond acceptors (Lipinski definition) is 5. The molecule has 0 spiro atoms. The first kappa shape index (κ1) is 27.3. The van der Waals surface area contributed by atoms with Crippen LogP contribution in [0.25, 0.3) is 0 Å². The van der Waals surface area contributed by atoms with E-state index in [1.807, 2.05) is 0 Å². The van der Waals surface area contributed by atoms with Crippen LogP contribution >= 0.6 is 0 Å². The van der Waals surface area contributed by atoms with Gasteiger partial charge in [0, 0.05) is 12.5 Å². The van der Waals surface area contributed by atoms with Crippen LogP contribution in [0.1, 0.15) is 84.0 Å². The topological polar surface area (TPSA) is 135 Å². The van der Waals surface area contributed by atoms with Crippen LogP contribution in [0.4, 0.5) is 0 Å². The number of aliphatic hydroxyl groups excluding tert-OH is 3. The maximum Gasteiger partial charge on any atom is 0.311 e. The standard InChI is InChI=1S/C24H40O7/c1-2-3-7-10-17(26)12-13-19-18(11-8-5-4-6-9-14-25)20(15-22(19)27)21(24(30)31)16-23(28)29/h12-13,17,19,21-22,25-27H,2-11,14-16H2,1H3,(H,28,29)(H,30,31)/b13-12+/t17-,19+,21?,22+/m0/s1. The maximum atomic E-state index is 11.8.